The highest BCUT2D eigenvalue weighted by Gasteiger charge is 2.41. The van der Waals surface area contributed by atoms with Crippen molar-refractivity contribution in [1.29, 1.82) is 0 Å². The molecule has 3 aromatic carbocycles. The maximum Gasteiger partial charge on any atom is 0.215 e. The standard InChI is InChI=1S/C22H15Cl3N2O/c23-13-9-10-15(18(25)11-13)22-27-20(16-6-2-4-8-21(16)28-22)12-19(26-27)14-5-1-3-7-17(14)24/h1-11,20,22H,12H2/t20-,22-/m1/s1. The summed E-state index contributed by atoms with van der Waals surface area (Å²) in [6.45, 7) is 0. The van der Waals surface area contributed by atoms with E-state index in [1.165, 1.54) is 0 Å². The normalized spacial score (nSPS) is 20.2. The highest BCUT2D eigenvalue weighted by atomic mass is 35.5. The van der Waals surface area contributed by atoms with E-state index in [2.05, 4.69) is 6.07 Å². The third kappa shape index (κ3) is 2.95. The second-order valence-electron chi connectivity index (χ2n) is 6.80. The first kappa shape index (κ1) is 17.9. The molecule has 140 valence electrons. The molecule has 0 bridgehead atoms. The molecule has 3 nitrogen and oxygen atoms in total. The maximum atomic E-state index is 6.50. The van der Waals surface area contributed by atoms with Gasteiger partial charge in [0.1, 0.15) is 5.75 Å². The van der Waals surface area contributed by atoms with Crippen molar-refractivity contribution >= 4 is 40.5 Å². The molecule has 2 aliphatic heterocycles. The average molecular weight is 430 g/mol. The van der Waals surface area contributed by atoms with E-state index in [0.29, 0.717) is 15.1 Å². The van der Waals surface area contributed by atoms with E-state index in [0.717, 1.165) is 34.6 Å². The number of hydrogen-bond acceptors (Lipinski definition) is 3. The van der Waals surface area contributed by atoms with Crippen molar-refractivity contribution in [3.63, 3.8) is 0 Å². The average Bonchev–Trinajstić information content (AvgIpc) is 3.13. The minimum Gasteiger partial charge on any atom is -0.464 e. The molecule has 0 amide bonds. The van der Waals surface area contributed by atoms with E-state index in [-0.39, 0.29) is 6.04 Å². The lowest BCUT2D eigenvalue weighted by Crippen LogP contribution is -2.33. The molecule has 6 heteroatoms. The topological polar surface area (TPSA) is 24.8 Å². The number of benzene rings is 3. The van der Waals surface area contributed by atoms with Crippen LogP contribution < -0.4 is 4.74 Å². The number of nitrogens with zero attached hydrogens (tertiary/aromatic N) is 2. The van der Waals surface area contributed by atoms with Gasteiger partial charge in [-0.05, 0) is 24.3 Å². The fourth-order valence-electron chi connectivity index (χ4n) is 3.80. The molecular weight excluding hydrogens is 415 g/mol. The molecule has 0 saturated heterocycles. The zero-order valence-electron chi connectivity index (χ0n) is 14.6. The van der Waals surface area contributed by atoms with Crippen molar-refractivity contribution in [2.75, 3.05) is 0 Å². The van der Waals surface area contributed by atoms with Gasteiger partial charge in [0.25, 0.3) is 0 Å². The Kier molecular flexibility index (Phi) is 4.47. The summed E-state index contributed by atoms with van der Waals surface area (Å²) in [5.41, 5.74) is 3.81. The molecule has 0 N–H and O–H groups in total. The monoisotopic (exact) mass is 428 g/mol. The number of halogens is 3. The Bertz CT molecular complexity index is 1100. The highest BCUT2D eigenvalue weighted by molar-refractivity contribution is 6.35. The molecule has 3 aromatic rings. The molecule has 0 aromatic heterocycles. The molecule has 2 heterocycles. The first-order valence-electron chi connectivity index (χ1n) is 8.93. The molecule has 0 saturated carbocycles. The number of fused-ring (bicyclic) bond motifs is 3. The molecule has 2 aliphatic rings. The van der Waals surface area contributed by atoms with Crippen molar-refractivity contribution in [3.8, 4) is 5.75 Å². The summed E-state index contributed by atoms with van der Waals surface area (Å²) in [4.78, 5) is 0. The van der Waals surface area contributed by atoms with Crippen LogP contribution in [0.4, 0.5) is 0 Å². The van der Waals surface area contributed by atoms with Crippen molar-refractivity contribution in [3.05, 3.63) is 98.5 Å². The summed E-state index contributed by atoms with van der Waals surface area (Å²) >= 11 is 19.0. The minimum absolute atomic E-state index is 0.0490. The van der Waals surface area contributed by atoms with Crippen LogP contribution in [0.3, 0.4) is 0 Å². The van der Waals surface area contributed by atoms with E-state index in [4.69, 9.17) is 44.6 Å². The molecule has 0 spiro atoms. The van der Waals surface area contributed by atoms with Crippen LogP contribution in [0.2, 0.25) is 15.1 Å². The van der Waals surface area contributed by atoms with Gasteiger partial charge in [-0.1, -0.05) is 77.3 Å². The van der Waals surface area contributed by atoms with Gasteiger partial charge in [0.05, 0.1) is 16.8 Å². The van der Waals surface area contributed by atoms with E-state index in [9.17, 15) is 0 Å². The Hall–Kier alpha value is -2.20. The Labute approximate surface area is 178 Å². The van der Waals surface area contributed by atoms with Gasteiger partial charge < -0.3 is 4.74 Å². The summed E-state index contributed by atoms with van der Waals surface area (Å²) in [6, 6.07) is 21.3. The van der Waals surface area contributed by atoms with Crippen LogP contribution in [-0.4, -0.2) is 10.7 Å². The first-order valence-corrected chi connectivity index (χ1v) is 10.1. The Morgan fingerprint density at radius 2 is 1.64 bits per heavy atom. The van der Waals surface area contributed by atoms with Crippen LogP contribution >= 0.6 is 34.8 Å². The lowest BCUT2D eigenvalue weighted by molar-refractivity contribution is -0.0189. The molecule has 0 radical (unpaired) electrons. The van der Waals surface area contributed by atoms with Crippen molar-refractivity contribution in [2.24, 2.45) is 5.10 Å². The van der Waals surface area contributed by atoms with Crippen molar-refractivity contribution < 1.29 is 4.74 Å². The van der Waals surface area contributed by atoms with Gasteiger partial charge in [-0.15, -0.1) is 0 Å². The number of hydrogen-bond donors (Lipinski definition) is 0. The predicted molar refractivity (Wildman–Crippen MR) is 113 cm³/mol. The first-order chi connectivity index (χ1) is 13.6. The highest BCUT2D eigenvalue weighted by Crippen LogP contribution is 2.48. The van der Waals surface area contributed by atoms with Gasteiger partial charge in [0, 0.05) is 33.2 Å². The summed E-state index contributed by atoms with van der Waals surface area (Å²) in [6.07, 6.45) is 0.302. The van der Waals surface area contributed by atoms with Crippen LogP contribution in [-0.2, 0) is 0 Å². The third-order valence-corrected chi connectivity index (χ3v) is 6.00. The molecule has 0 fully saturated rings. The molecule has 0 aliphatic carbocycles. The summed E-state index contributed by atoms with van der Waals surface area (Å²) < 4.78 is 6.33. The predicted octanol–water partition coefficient (Wildman–Crippen LogP) is 6.89. The van der Waals surface area contributed by atoms with Crippen molar-refractivity contribution in [1.82, 2.24) is 5.01 Å². The van der Waals surface area contributed by atoms with Gasteiger partial charge in [0.15, 0.2) is 0 Å². The summed E-state index contributed by atoms with van der Waals surface area (Å²) in [5, 5.41) is 8.72. The lowest BCUT2D eigenvalue weighted by Gasteiger charge is -2.38. The van der Waals surface area contributed by atoms with Gasteiger partial charge in [-0.2, -0.15) is 5.10 Å². The second-order valence-corrected chi connectivity index (χ2v) is 8.05. The Morgan fingerprint density at radius 3 is 2.46 bits per heavy atom. The fourth-order valence-corrected chi connectivity index (χ4v) is 4.55. The van der Waals surface area contributed by atoms with Gasteiger partial charge >= 0.3 is 0 Å². The van der Waals surface area contributed by atoms with Gasteiger partial charge in [-0.3, -0.25) is 0 Å². The number of hydrazone groups is 1. The molecule has 5 rings (SSSR count). The minimum atomic E-state index is -0.440. The summed E-state index contributed by atoms with van der Waals surface area (Å²) in [7, 11) is 0. The molecule has 28 heavy (non-hydrogen) atoms. The van der Waals surface area contributed by atoms with Crippen LogP contribution in [0, 0.1) is 0 Å². The Morgan fingerprint density at radius 1 is 0.857 bits per heavy atom. The lowest BCUT2D eigenvalue weighted by atomic mass is 9.96. The zero-order chi connectivity index (χ0) is 19.3. The van der Waals surface area contributed by atoms with Crippen LogP contribution in [0.15, 0.2) is 71.8 Å². The van der Waals surface area contributed by atoms with Crippen LogP contribution in [0.5, 0.6) is 5.75 Å². The van der Waals surface area contributed by atoms with Gasteiger partial charge in [-0.25, -0.2) is 5.01 Å². The van der Waals surface area contributed by atoms with E-state index in [1.807, 2.05) is 59.6 Å². The number of ether oxygens (including phenoxy) is 1. The quantitative estimate of drug-likeness (QED) is 0.443. The zero-order valence-corrected chi connectivity index (χ0v) is 16.9. The van der Waals surface area contributed by atoms with E-state index < -0.39 is 6.23 Å². The smallest absolute Gasteiger partial charge is 0.215 e. The third-order valence-electron chi connectivity index (χ3n) is 5.11. The Balaban J connectivity index is 1.63. The fraction of sp³-hybridized carbons (Fsp3) is 0.136. The van der Waals surface area contributed by atoms with E-state index in [1.54, 1.807) is 6.07 Å². The second kappa shape index (κ2) is 7.00. The molecule has 0 unspecified atom stereocenters. The largest absolute Gasteiger partial charge is 0.464 e. The van der Waals surface area contributed by atoms with Gasteiger partial charge in [0.2, 0.25) is 6.23 Å². The van der Waals surface area contributed by atoms with Crippen LogP contribution in [0.25, 0.3) is 0 Å². The van der Waals surface area contributed by atoms with Crippen molar-refractivity contribution in [2.45, 2.75) is 18.7 Å². The molecule has 2 atom stereocenters. The summed E-state index contributed by atoms with van der Waals surface area (Å²) in [5.74, 6) is 0.843. The molecular formula is C22H15Cl3N2O. The maximum absolute atomic E-state index is 6.50. The SMILES string of the molecule is Clc1ccc([C@H]2Oc3ccccc3[C@H]3CC(c4ccccc4Cl)=NN32)c(Cl)c1. The number of para-hydroxylation sites is 1. The van der Waals surface area contributed by atoms with Crippen LogP contribution in [0.1, 0.15) is 35.4 Å². The number of rotatable bonds is 2. The van der Waals surface area contributed by atoms with E-state index >= 15 is 0 Å².